The van der Waals surface area contributed by atoms with Crippen LogP contribution in [0.4, 0.5) is 4.39 Å². The maximum Gasteiger partial charge on any atom is 0.193 e. The number of Topliss-reactive ketones (excluding diaryl/α,β-unsaturated/α-hetero) is 1. The Morgan fingerprint density at radius 3 is 2.32 bits per heavy atom. The van der Waals surface area contributed by atoms with Crippen molar-refractivity contribution in [3.63, 3.8) is 0 Å². The number of halogens is 1. The molecule has 1 aliphatic carbocycles. The molecular weight excluding hydrogens is 311 g/mol. The lowest BCUT2D eigenvalue weighted by Crippen LogP contribution is -2.02. The molecule has 1 atom stereocenters. The van der Waals surface area contributed by atoms with E-state index in [1.807, 2.05) is 73.7 Å². The zero-order chi connectivity index (χ0) is 17.4. The van der Waals surface area contributed by atoms with Crippen LogP contribution in [0.1, 0.15) is 38.5 Å². The largest absolute Gasteiger partial charge is 0.289 e. The second-order valence-corrected chi connectivity index (χ2v) is 6.39. The van der Waals surface area contributed by atoms with Gasteiger partial charge in [-0.15, -0.1) is 0 Å². The highest BCUT2D eigenvalue weighted by Gasteiger charge is 2.37. The summed E-state index contributed by atoms with van der Waals surface area (Å²) < 4.78 is 14.3. The van der Waals surface area contributed by atoms with Crippen LogP contribution in [0.3, 0.4) is 0 Å². The van der Waals surface area contributed by atoms with Gasteiger partial charge in [0.25, 0.3) is 0 Å². The van der Waals surface area contributed by atoms with E-state index in [2.05, 4.69) is 0 Å². The Balaban J connectivity index is 1.92. The van der Waals surface area contributed by atoms with Gasteiger partial charge < -0.3 is 0 Å². The van der Waals surface area contributed by atoms with Crippen LogP contribution < -0.4 is 0 Å². The van der Waals surface area contributed by atoms with Gasteiger partial charge in [-0.05, 0) is 35.8 Å². The van der Waals surface area contributed by atoms with E-state index in [1.165, 1.54) is 6.07 Å². The highest BCUT2D eigenvalue weighted by atomic mass is 19.1. The van der Waals surface area contributed by atoms with Gasteiger partial charge in [0.05, 0.1) is 5.56 Å². The van der Waals surface area contributed by atoms with Crippen LogP contribution in [0.15, 0.2) is 78.4 Å². The van der Waals surface area contributed by atoms with Gasteiger partial charge in [0.2, 0.25) is 0 Å². The van der Waals surface area contributed by atoms with Crippen LogP contribution in [0.5, 0.6) is 0 Å². The summed E-state index contributed by atoms with van der Waals surface area (Å²) >= 11 is 0. The summed E-state index contributed by atoms with van der Waals surface area (Å²) in [6.07, 6.45) is 1.89. The van der Waals surface area contributed by atoms with Crippen molar-refractivity contribution < 1.29 is 9.18 Å². The first-order chi connectivity index (χ1) is 12.1. The molecule has 0 spiro atoms. The molecule has 0 bridgehead atoms. The maximum atomic E-state index is 14.3. The fourth-order valence-electron chi connectivity index (χ4n) is 3.46. The van der Waals surface area contributed by atoms with Crippen LogP contribution in [0.2, 0.25) is 0 Å². The Labute approximate surface area is 146 Å². The first kappa shape index (κ1) is 15.5. The molecule has 3 aromatic rings. The fourth-order valence-corrected chi connectivity index (χ4v) is 3.46. The molecule has 0 saturated carbocycles. The number of hydrogen-bond acceptors (Lipinski definition) is 1. The molecule has 0 amide bonds. The van der Waals surface area contributed by atoms with Crippen molar-refractivity contribution in [3.8, 4) is 0 Å². The average Bonchev–Trinajstić information content (AvgIpc) is 2.91. The minimum atomic E-state index is -0.448. The fraction of sp³-hybridized carbons (Fsp3) is 0.0870. The molecule has 25 heavy (non-hydrogen) atoms. The van der Waals surface area contributed by atoms with Gasteiger partial charge in [0.1, 0.15) is 5.82 Å². The van der Waals surface area contributed by atoms with Gasteiger partial charge in [-0.2, -0.15) is 0 Å². The van der Waals surface area contributed by atoms with Gasteiger partial charge in [0, 0.05) is 11.5 Å². The van der Waals surface area contributed by atoms with E-state index in [1.54, 1.807) is 6.07 Å². The van der Waals surface area contributed by atoms with E-state index in [0.717, 1.165) is 22.3 Å². The molecule has 1 aliphatic rings. The van der Waals surface area contributed by atoms with E-state index in [-0.39, 0.29) is 17.3 Å². The number of rotatable bonds is 2. The van der Waals surface area contributed by atoms with Gasteiger partial charge in [0.15, 0.2) is 5.78 Å². The summed E-state index contributed by atoms with van der Waals surface area (Å²) in [4.78, 5) is 13.0. The van der Waals surface area contributed by atoms with Crippen molar-refractivity contribution in [3.05, 3.63) is 112 Å². The predicted octanol–water partition coefficient (Wildman–Crippen LogP) is 5.55. The maximum absolute atomic E-state index is 14.3. The molecule has 1 nitrogen and oxygen atoms in total. The Morgan fingerprint density at radius 1 is 0.880 bits per heavy atom. The Hall–Kier alpha value is -3.00. The lowest BCUT2D eigenvalue weighted by Gasteiger charge is -2.13. The highest BCUT2D eigenvalue weighted by molar-refractivity contribution is 6.17. The molecule has 0 heterocycles. The number of carbonyl (C=O) groups is 1. The SMILES string of the molecule is Cc1ccc(/C=C2/C(=O)c3c(F)cccc3[C@@H]2c2ccccc2)cc1. The summed E-state index contributed by atoms with van der Waals surface area (Å²) in [6.45, 7) is 2.02. The monoisotopic (exact) mass is 328 g/mol. The lowest BCUT2D eigenvalue weighted by molar-refractivity contribution is 0.103. The number of allylic oxidation sites excluding steroid dienone is 1. The second-order valence-electron chi connectivity index (χ2n) is 6.39. The van der Waals surface area contributed by atoms with Crippen molar-refractivity contribution in [2.75, 3.05) is 0 Å². The quantitative estimate of drug-likeness (QED) is 0.564. The molecule has 0 radical (unpaired) electrons. The van der Waals surface area contributed by atoms with Crippen LogP contribution in [0, 0.1) is 12.7 Å². The third kappa shape index (κ3) is 2.70. The Kier molecular flexibility index (Phi) is 3.81. The molecule has 0 aliphatic heterocycles. The molecule has 2 heteroatoms. The van der Waals surface area contributed by atoms with Crippen molar-refractivity contribution in [2.24, 2.45) is 0 Å². The number of benzene rings is 3. The van der Waals surface area contributed by atoms with Gasteiger partial charge in [-0.25, -0.2) is 4.39 Å². The van der Waals surface area contributed by atoms with E-state index in [4.69, 9.17) is 0 Å². The summed E-state index contributed by atoms with van der Waals surface area (Å²) in [5.74, 6) is -0.904. The number of aryl methyl sites for hydroxylation is 1. The molecule has 0 N–H and O–H groups in total. The van der Waals surface area contributed by atoms with Crippen molar-refractivity contribution >= 4 is 11.9 Å². The molecule has 0 unspecified atom stereocenters. The standard InChI is InChI=1S/C23H17FO/c1-15-10-12-16(13-11-15)14-19-21(17-6-3-2-4-7-17)18-8-5-9-20(24)22(18)23(19)25/h2-14,21H,1H3/b19-14+/t21-/m0/s1. The van der Waals surface area contributed by atoms with Crippen molar-refractivity contribution in [2.45, 2.75) is 12.8 Å². The first-order valence-corrected chi connectivity index (χ1v) is 8.31. The molecule has 122 valence electrons. The molecule has 3 aromatic carbocycles. The van der Waals surface area contributed by atoms with Crippen LogP contribution in [-0.2, 0) is 0 Å². The average molecular weight is 328 g/mol. The summed E-state index contributed by atoms with van der Waals surface area (Å²) in [5, 5.41) is 0. The van der Waals surface area contributed by atoms with E-state index >= 15 is 0 Å². The zero-order valence-electron chi connectivity index (χ0n) is 13.9. The normalized spacial score (nSPS) is 17.8. The van der Waals surface area contributed by atoms with Gasteiger partial charge >= 0.3 is 0 Å². The highest BCUT2D eigenvalue weighted by Crippen LogP contribution is 2.43. The third-order valence-electron chi connectivity index (χ3n) is 4.69. The topological polar surface area (TPSA) is 17.1 Å². The predicted molar refractivity (Wildman–Crippen MR) is 98.2 cm³/mol. The van der Waals surface area contributed by atoms with E-state index in [9.17, 15) is 9.18 Å². The van der Waals surface area contributed by atoms with E-state index < -0.39 is 5.82 Å². The van der Waals surface area contributed by atoms with Gasteiger partial charge in [-0.1, -0.05) is 72.3 Å². The number of ketones is 1. The Morgan fingerprint density at radius 2 is 1.60 bits per heavy atom. The summed E-state index contributed by atoms with van der Waals surface area (Å²) in [7, 11) is 0. The lowest BCUT2D eigenvalue weighted by atomic mass is 9.89. The number of fused-ring (bicyclic) bond motifs is 1. The molecule has 0 saturated heterocycles. The van der Waals surface area contributed by atoms with Crippen LogP contribution in [0.25, 0.3) is 6.08 Å². The smallest absolute Gasteiger partial charge is 0.193 e. The minimum Gasteiger partial charge on any atom is -0.289 e. The molecule has 0 fully saturated rings. The van der Waals surface area contributed by atoms with E-state index in [0.29, 0.717) is 5.57 Å². The van der Waals surface area contributed by atoms with Crippen molar-refractivity contribution in [1.82, 2.24) is 0 Å². The van der Waals surface area contributed by atoms with Gasteiger partial charge in [-0.3, -0.25) is 4.79 Å². The Bertz CT molecular complexity index is 969. The summed E-state index contributed by atoms with van der Waals surface area (Å²) in [5.41, 5.74) is 4.68. The van der Waals surface area contributed by atoms with Crippen molar-refractivity contribution in [1.29, 1.82) is 0 Å². The zero-order valence-corrected chi connectivity index (χ0v) is 13.9. The molecule has 4 rings (SSSR count). The molecule has 0 aromatic heterocycles. The summed E-state index contributed by atoms with van der Waals surface area (Å²) in [6, 6.07) is 22.7. The first-order valence-electron chi connectivity index (χ1n) is 8.31. The number of carbonyl (C=O) groups excluding carboxylic acids is 1. The number of hydrogen-bond donors (Lipinski definition) is 0. The minimum absolute atomic E-state index is 0.203. The second kappa shape index (κ2) is 6.14. The molecular formula is C23H17FO. The third-order valence-corrected chi connectivity index (χ3v) is 4.69. The van der Waals surface area contributed by atoms with Crippen LogP contribution >= 0.6 is 0 Å². The van der Waals surface area contributed by atoms with Crippen LogP contribution in [-0.4, -0.2) is 5.78 Å².